The molecule has 4 nitrogen and oxygen atoms in total. The molecule has 0 fully saturated rings. The van der Waals surface area contributed by atoms with E-state index in [4.69, 9.17) is 0 Å². The minimum Gasteiger partial charge on any atom is -0.326 e. The Hall–Kier alpha value is -1.27. The maximum Gasteiger partial charge on any atom is 0.248 e. The second-order valence-electron chi connectivity index (χ2n) is 3.77. The topological polar surface area (TPSA) is 67.0 Å². The number of hydrogen-bond donors (Lipinski definition) is 1. The maximum absolute atomic E-state index is 12.3. The van der Waals surface area contributed by atoms with Crippen LogP contribution >= 0.6 is 23.5 Å². The van der Waals surface area contributed by atoms with Crippen molar-refractivity contribution < 1.29 is 9.59 Å². The van der Waals surface area contributed by atoms with Gasteiger partial charge in [-0.3, -0.25) is 14.4 Å². The predicted octanol–water partition coefficient (Wildman–Crippen LogP) is 2.00. The van der Waals surface area contributed by atoms with E-state index in [0.717, 1.165) is 0 Å². The van der Waals surface area contributed by atoms with E-state index in [-0.39, 0.29) is 22.7 Å². The van der Waals surface area contributed by atoms with Crippen LogP contribution in [0.4, 0.5) is 0 Å². The van der Waals surface area contributed by atoms with Crippen molar-refractivity contribution in [1.82, 2.24) is 4.98 Å². The fraction of sp³-hybridized carbons (Fsp3) is 0.250. The quantitative estimate of drug-likeness (QED) is 0.898. The van der Waals surface area contributed by atoms with E-state index in [9.17, 15) is 14.4 Å². The third-order valence-corrected chi connectivity index (χ3v) is 4.45. The van der Waals surface area contributed by atoms with Crippen LogP contribution in [0.3, 0.4) is 0 Å². The van der Waals surface area contributed by atoms with E-state index in [1.165, 1.54) is 29.6 Å². The lowest BCUT2D eigenvalue weighted by Crippen LogP contribution is -2.25. The smallest absolute Gasteiger partial charge is 0.248 e. The van der Waals surface area contributed by atoms with Crippen LogP contribution in [-0.4, -0.2) is 29.1 Å². The summed E-state index contributed by atoms with van der Waals surface area (Å²) in [5, 5.41) is 0. The van der Waals surface area contributed by atoms with Gasteiger partial charge in [0, 0.05) is 17.3 Å². The molecule has 6 heteroatoms. The summed E-state index contributed by atoms with van der Waals surface area (Å²) in [7, 11) is 0. The molecule has 18 heavy (non-hydrogen) atoms. The minimum atomic E-state index is -0.361. The summed E-state index contributed by atoms with van der Waals surface area (Å²) in [6.07, 6.45) is 3.52. The summed E-state index contributed by atoms with van der Waals surface area (Å²) in [5.74, 6) is -0.425. The molecule has 2 rings (SSSR count). The Balaban J connectivity index is 2.80. The number of H-pyrrole nitrogens is 1. The third kappa shape index (κ3) is 1.85. The van der Waals surface area contributed by atoms with Gasteiger partial charge >= 0.3 is 0 Å². The highest BCUT2D eigenvalue weighted by Gasteiger charge is 2.33. The summed E-state index contributed by atoms with van der Waals surface area (Å²) in [6, 6.07) is 1.20. The Morgan fingerprint density at radius 2 is 1.56 bits per heavy atom. The van der Waals surface area contributed by atoms with Gasteiger partial charge in [0.15, 0.2) is 0 Å². The normalized spacial score (nSPS) is 15.1. The Morgan fingerprint density at radius 1 is 1.00 bits per heavy atom. The fourth-order valence-corrected chi connectivity index (χ4v) is 3.61. The molecule has 1 aromatic rings. The molecule has 0 saturated heterocycles. The number of nitrogens with one attached hydrogen (secondary N) is 1. The molecule has 0 saturated carbocycles. The van der Waals surface area contributed by atoms with Crippen molar-refractivity contribution in [1.29, 1.82) is 0 Å². The number of carbonyl (C=O) groups excluding carboxylic acids is 2. The molecule has 94 valence electrons. The van der Waals surface area contributed by atoms with Crippen molar-refractivity contribution >= 4 is 35.1 Å². The number of carbonyl (C=O) groups is 2. The fourth-order valence-electron chi connectivity index (χ4n) is 1.97. The van der Waals surface area contributed by atoms with Gasteiger partial charge in [0.25, 0.3) is 0 Å². The number of aryl methyl sites for hydroxylation is 1. The molecule has 1 aliphatic carbocycles. The van der Waals surface area contributed by atoms with Gasteiger partial charge in [0.05, 0.1) is 15.4 Å². The second kappa shape index (κ2) is 4.78. The zero-order valence-corrected chi connectivity index (χ0v) is 11.8. The largest absolute Gasteiger partial charge is 0.326 e. The SMILES string of the molecule is CSC1=C(SC)C(=O)c2c(cc(=O)[nH]c2C)C1=O. The molecule has 0 aromatic carbocycles. The third-order valence-electron chi connectivity index (χ3n) is 2.73. The molecule has 0 amide bonds. The van der Waals surface area contributed by atoms with Crippen LogP contribution < -0.4 is 5.56 Å². The molecule has 0 spiro atoms. The molecular weight excluding hydrogens is 270 g/mol. The van der Waals surface area contributed by atoms with Gasteiger partial charge in [-0.2, -0.15) is 0 Å². The van der Waals surface area contributed by atoms with Gasteiger partial charge in [0.2, 0.25) is 17.1 Å². The Morgan fingerprint density at radius 3 is 2.11 bits per heavy atom. The first kappa shape index (κ1) is 13.2. The van der Waals surface area contributed by atoms with Gasteiger partial charge in [0.1, 0.15) is 0 Å². The van der Waals surface area contributed by atoms with E-state index in [1.807, 2.05) is 0 Å². The van der Waals surface area contributed by atoms with E-state index in [0.29, 0.717) is 21.1 Å². The van der Waals surface area contributed by atoms with Crippen LogP contribution in [0.5, 0.6) is 0 Å². The lowest BCUT2D eigenvalue weighted by molar-refractivity contribution is 0.0987. The average molecular weight is 281 g/mol. The zero-order valence-electron chi connectivity index (χ0n) is 10.1. The first-order valence-corrected chi connectivity index (χ1v) is 7.61. The van der Waals surface area contributed by atoms with Crippen LogP contribution in [0.2, 0.25) is 0 Å². The van der Waals surface area contributed by atoms with E-state index in [2.05, 4.69) is 4.98 Å². The minimum absolute atomic E-state index is 0.185. The van der Waals surface area contributed by atoms with Gasteiger partial charge in [-0.15, -0.1) is 23.5 Å². The molecule has 0 atom stereocenters. The summed E-state index contributed by atoms with van der Waals surface area (Å²) in [4.78, 5) is 39.4. The van der Waals surface area contributed by atoms with Crippen molar-refractivity contribution in [2.45, 2.75) is 6.92 Å². The highest BCUT2D eigenvalue weighted by Crippen LogP contribution is 2.36. The highest BCUT2D eigenvalue weighted by atomic mass is 32.2. The predicted molar refractivity (Wildman–Crippen MR) is 74.5 cm³/mol. The molecule has 0 bridgehead atoms. The summed E-state index contributed by atoms with van der Waals surface area (Å²) in [5.41, 5.74) is 0.619. The zero-order chi connectivity index (χ0) is 13.4. The monoisotopic (exact) mass is 281 g/mol. The Labute approximate surface area is 112 Å². The Bertz CT molecular complexity index is 643. The lowest BCUT2D eigenvalue weighted by Gasteiger charge is -2.19. The second-order valence-corrected chi connectivity index (χ2v) is 5.41. The molecule has 0 unspecified atom stereocenters. The van der Waals surface area contributed by atoms with E-state index >= 15 is 0 Å². The number of rotatable bonds is 2. The van der Waals surface area contributed by atoms with Gasteiger partial charge in [-0.05, 0) is 19.4 Å². The number of ketones is 2. The molecular formula is C12H11NO3S2. The molecule has 1 N–H and O–H groups in total. The number of pyridine rings is 1. The van der Waals surface area contributed by atoms with Crippen molar-refractivity contribution in [3.05, 3.63) is 43.1 Å². The summed E-state index contributed by atoms with van der Waals surface area (Å²) < 4.78 is 0. The average Bonchev–Trinajstić information content (AvgIpc) is 2.32. The number of allylic oxidation sites excluding steroid dienone is 2. The molecule has 0 radical (unpaired) electrons. The number of Topliss-reactive ketones (excluding diaryl/α,β-unsaturated/α-hetero) is 2. The Kier molecular flexibility index (Phi) is 3.49. The number of thioether (sulfide) groups is 2. The van der Waals surface area contributed by atoms with Crippen molar-refractivity contribution in [2.75, 3.05) is 12.5 Å². The van der Waals surface area contributed by atoms with Crippen LogP contribution in [0.15, 0.2) is 20.7 Å². The van der Waals surface area contributed by atoms with Crippen LogP contribution in [0.25, 0.3) is 0 Å². The number of aromatic amines is 1. The highest BCUT2D eigenvalue weighted by molar-refractivity contribution is 8.07. The van der Waals surface area contributed by atoms with E-state index < -0.39 is 0 Å². The summed E-state index contributed by atoms with van der Waals surface area (Å²) in [6.45, 7) is 1.63. The molecule has 0 aliphatic heterocycles. The number of hydrogen-bond acceptors (Lipinski definition) is 5. The van der Waals surface area contributed by atoms with Gasteiger partial charge in [-0.25, -0.2) is 0 Å². The first-order valence-electron chi connectivity index (χ1n) is 5.16. The van der Waals surface area contributed by atoms with Gasteiger partial charge in [-0.1, -0.05) is 0 Å². The molecule has 1 aliphatic rings. The van der Waals surface area contributed by atoms with Crippen molar-refractivity contribution in [3.8, 4) is 0 Å². The first-order chi connectivity index (χ1) is 8.51. The maximum atomic E-state index is 12.3. The summed E-state index contributed by atoms with van der Waals surface area (Å²) >= 11 is 2.50. The van der Waals surface area contributed by atoms with Crippen molar-refractivity contribution in [3.63, 3.8) is 0 Å². The lowest BCUT2D eigenvalue weighted by atomic mass is 9.94. The van der Waals surface area contributed by atoms with Crippen LogP contribution in [0.1, 0.15) is 26.4 Å². The number of aromatic nitrogens is 1. The van der Waals surface area contributed by atoms with Crippen molar-refractivity contribution in [2.24, 2.45) is 0 Å². The molecule has 1 aromatic heterocycles. The standard InChI is InChI=1S/C12H11NO3S2/c1-5-8-6(4-7(14)13-5)9(15)11(17-2)12(18-3)10(8)16/h4H,1-3H3,(H,13,14). The van der Waals surface area contributed by atoms with Crippen LogP contribution in [-0.2, 0) is 0 Å². The molecule has 1 heterocycles. The van der Waals surface area contributed by atoms with Crippen LogP contribution in [0, 0.1) is 6.92 Å². The number of fused-ring (bicyclic) bond motifs is 1. The van der Waals surface area contributed by atoms with E-state index in [1.54, 1.807) is 19.4 Å². The van der Waals surface area contributed by atoms with Gasteiger partial charge < -0.3 is 4.98 Å².